The first-order valence-electron chi connectivity index (χ1n) is 9.56. The molecule has 2 aromatic carbocycles. The van der Waals surface area contributed by atoms with E-state index in [-0.39, 0.29) is 16.5 Å². The Bertz CT molecular complexity index is 1240. The predicted molar refractivity (Wildman–Crippen MR) is 127 cm³/mol. The van der Waals surface area contributed by atoms with E-state index >= 15 is 0 Å². The number of aromatic nitrogens is 3. The summed E-state index contributed by atoms with van der Waals surface area (Å²) in [4.78, 5) is 12.8. The molecule has 4 aromatic rings. The van der Waals surface area contributed by atoms with Crippen LogP contribution in [0, 0.1) is 12.7 Å². The van der Waals surface area contributed by atoms with Gasteiger partial charge in [-0.25, -0.2) is 19.8 Å². The topological polar surface area (TPSA) is 75.1 Å². The maximum absolute atomic E-state index is 14.5. The monoisotopic (exact) mass is 466 g/mol. The number of hydrogen-bond acceptors (Lipinski definition) is 6. The number of rotatable bonds is 6. The quantitative estimate of drug-likeness (QED) is 0.193. The fraction of sp³-hybridized carbons (Fsp3) is 0.0435. The number of nitrogens with one attached hydrogen (secondary N) is 2. The van der Waals surface area contributed by atoms with Crippen LogP contribution in [0.2, 0.25) is 10.2 Å². The average Bonchev–Trinajstić information content (AvgIpc) is 2.77. The van der Waals surface area contributed by atoms with Gasteiger partial charge in [-0.15, -0.1) is 0 Å². The van der Waals surface area contributed by atoms with Crippen LogP contribution in [0.1, 0.15) is 11.1 Å². The maximum atomic E-state index is 14.5. The van der Waals surface area contributed by atoms with Crippen molar-refractivity contribution in [2.75, 3.05) is 10.7 Å². The normalized spacial score (nSPS) is 11.0. The Balaban J connectivity index is 1.68. The number of anilines is 3. The molecule has 32 heavy (non-hydrogen) atoms. The Morgan fingerprint density at radius 2 is 1.81 bits per heavy atom. The van der Waals surface area contributed by atoms with Gasteiger partial charge in [0.25, 0.3) is 0 Å². The van der Waals surface area contributed by atoms with E-state index in [2.05, 4.69) is 30.8 Å². The van der Waals surface area contributed by atoms with E-state index < -0.39 is 5.82 Å². The van der Waals surface area contributed by atoms with Crippen molar-refractivity contribution < 1.29 is 4.39 Å². The minimum absolute atomic E-state index is 0.162. The number of hydrazone groups is 1. The Morgan fingerprint density at radius 1 is 1.00 bits per heavy atom. The van der Waals surface area contributed by atoms with Gasteiger partial charge in [0.2, 0.25) is 5.95 Å². The smallest absolute Gasteiger partial charge is 0.246 e. The molecular weight excluding hydrogens is 450 g/mol. The summed E-state index contributed by atoms with van der Waals surface area (Å²) in [5.74, 6) is 0.0606. The predicted octanol–water partition coefficient (Wildman–Crippen LogP) is 6.48. The zero-order chi connectivity index (χ0) is 22.5. The molecule has 0 saturated heterocycles. The molecule has 0 saturated carbocycles. The van der Waals surface area contributed by atoms with Crippen LogP contribution >= 0.6 is 23.2 Å². The van der Waals surface area contributed by atoms with E-state index in [1.165, 1.54) is 12.1 Å². The molecule has 160 valence electrons. The Morgan fingerprint density at radius 3 is 2.53 bits per heavy atom. The standard InChI is InChI=1S/C23H17Cl2FN6/c1-14-5-7-15(8-6-14)12-28-32-23-30-19(22-17(24)3-2-4-18(22)26)11-21(31-23)29-16-9-10-20(25)27-13-16/h2-13H,1H3,(H2,29,30,31,32)/b28-12+. The van der Waals surface area contributed by atoms with Gasteiger partial charge in [0.1, 0.15) is 16.8 Å². The molecule has 0 unspecified atom stereocenters. The van der Waals surface area contributed by atoms with Crippen LogP contribution in [-0.4, -0.2) is 21.2 Å². The van der Waals surface area contributed by atoms with Crippen molar-refractivity contribution in [3.63, 3.8) is 0 Å². The summed E-state index contributed by atoms with van der Waals surface area (Å²) in [5, 5.41) is 7.90. The fourth-order valence-electron chi connectivity index (χ4n) is 2.85. The zero-order valence-corrected chi connectivity index (χ0v) is 18.4. The molecule has 0 amide bonds. The second kappa shape index (κ2) is 9.72. The molecule has 0 atom stereocenters. The first kappa shape index (κ1) is 21.7. The van der Waals surface area contributed by atoms with Crippen LogP contribution in [-0.2, 0) is 0 Å². The number of pyridine rings is 1. The highest BCUT2D eigenvalue weighted by Crippen LogP contribution is 2.31. The highest BCUT2D eigenvalue weighted by molar-refractivity contribution is 6.33. The summed E-state index contributed by atoms with van der Waals surface area (Å²) in [7, 11) is 0. The molecule has 0 radical (unpaired) electrons. The molecule has 0 bridgehead atoms. The maximum Gasteiger partial charge on any atom is 0.246 e. The first-order chi connectivity index (χ1) is 15.5. The molecule has 9 heteroatoms. The third-order valence-corrected chi connectivity index (χ3v) is 4.94. The summed E-state index contributed by atoms with van der Waals surface area (Å²) in [5.41, 5.74) is 5.96. The van der Waals surface area contributed by atoms with Crippen molar-refractivity contribution in [3.8, 4) is 11.3 Å². The van der Waals surface area contributed by atoms with Gasteiger partial charge in [-0.2, -0.15) is 10.1 Å². The summed E-state index contributed by atoms with van der Waals surface area (Å²) in [6, 6.07) is 17.3. The second-order valence-electron chi connectivity index (χ2n) is 6.83. The molecule has 2 N–H and O–H groups in total. The van der Waals surface area contributed by atoms with Gasteiger partial charge in [-0.05, 0) is 36.8 Å². The van der Waals surface area contributed by atoms with Crippen LogP contribution in [0.5, 0.6) is 0 Å². The molecule has 2 heterocycles. The third kappa shape index (κ3) is 5.38. The van der Waals surface area contributed by atoms with E-state index in [0.29, 0.717) is 22.4 Å². The molecule has 0 aliphatic heterocycles. The minimum Gasteiger partial charge on any atom is -0.339 e. The average molecular weight is 467 g/mol. The SMILES string of the molecule is Cc1ccc(/C=N/Nc2nc(Nc3ccc(Cl)nc3)cc(-c3c(F)cccc3Cl)n2)cc1. The van der Waals surface area contributed by atoms with Gasteiger partial charge >= 0.3 is 0 Å². The van der Waals surface area contributed by atoms with Gasteiger partial charge < -0.3 is 5.32 Å². The molecule has 6 nitrogen and oxygen atoms in total. The minimum atomic E-state index is -0.496. The van der Waals surface area contributed by atoms with Crippen molar-refractivity contribution >= 4 is 46.9 Å². The van der Waals surface area contributed by atoms with Crippen molar-refractivity contribution in [1.82, 2.24) is 15.0 Å². The lowest BCUT2D eigenvalue weighted by atomic mass is 10.1. The van der Waals surface area contributed by atoms with Crippen LogP contribution < -0.4 is 10.7 Å². The number of benzene rings is 2. The largest absolute Gasteiger partial charge is 0.339 e. The van der Waals surface area contributed by atoms with Crippen molar-refractivity contribution in [2.45, 2.75) is 6.92 Å². The summed E-state index contributed by atoms with van der Waals surface area (Å²) >= 11 is 12.1. The van der Waals surface area contributed by atoms with Gasteiger partial charge in [-0.1, -0.05) is 59.1 Å². The van der Waals surface area contributed by atoms with Crippen LogP contribution in [0.4, 0.5) is 21.8 Å². The van der Waals surface area contributed by atoms with Crippen molar-refractivity contribution in [3.05, 3.63) is 94.0 Å². The number of hydrogen-bond donors (Lipinski definition) is 2. The third-order valence-electron chi connectivity index (χ3n) is 4.40. The van der Waals surface area contributed by atoms with Gasteiger partial charge in [0, 0.05) is 6.07 Å². The molecule has 0 spiro atoms. The van der Waals surface area contributed by atoms with E-state index in [9.17, 15) is 4.39 Å². The molecular formula is C23H17Cl2FN6. The first-order valence-corrected chi connectivity index (χ1v) is 10.3. The van der Waals surface area contributed by atoms with E-state index in [4.69, 9.17) is 23.2 Å². The molecule has 0 fully saturated rings. The molecule has 4 rings (SSSR count). The summed E-state index contributed by atoms with van der Waals surface area (Å²) < 4.78 is 14.5. The van der Waals surface area contributed by atoms with Crippen molar-refractivity contribution in [2.24, 2.45) is 5.10 Å². The van der Waals surface area contributed by atoms with Crippen molar-refractivity contribution in [1.29, 1.82) is 0 Å². The van der Waals surface area contributed by atoms with Crippen LogP contribution in [0.15, 0.2) is 72.0 Å². The number of aryl methyl sites for hydroxylation is 1. The summed E-state index contributed by atoms with van der Waals surface area (Å²) in [6.45, 7) is 2.01. The highest BCUT2D eigenvalue weighted by atomic mass is 35.5. The van der Waals surface area contributed by atoms with Crippen LogP contribution in [0.3, 0.4) is 0 Å². The highest BCUT2D eigenvalue weighted by Gasteiger charge is 2.14. The van der Waals surface area contributed by atoms with Gasteiger partial charge in [-0.3, -0.25) is 0 Å². The van der Waals surface area contributed by atoms with E-state index in [0.717, 1.165) is 11.1 Å². The fourth-order valence-corrected chi connectivity index (χ4v) is 3.22. The lowest BCUT2D eigenvalue weighted by Gasteiger charge is -2.11. The molecule has 2 aromatic heterocycles. The Hall–Kier alpha value is -3.55. The molecule has 0 aliphatic carbocycles. The van der Waals surface area contributed by atoms with Gasteiger partial charge in [0.05, 0.1) is 34.4 Å². The van der Waals surface area contributed by atoms with Crippen LogP contribution in [0.25, 0.3) is 11.3 Å². The molecule has 0 aliphatic rings. The Labute approximate surface area is 194 Å². The number of nitrogens with zero attached hydrogens (tertiary/aromatic N) is 4. The summed E-state index contributed by atoms with van der Waals surface area (Å²) in [6.07, 6.45) is 3.20. The second-order valence-corrected chi connectivity index (χ2v) is 7.63. The zero-order valence-electron chi connectivity index (χ0n) is 16.9. The van der Waals surface area contributed by atoms with E-state index in [1.54, 1.807) is 36.7 Å². The Kier molecular flexibility index (Phi) is 6.58. The lowest BCUT2D eigenvalue weighted by Crippen LogP contribution is -2.03. The van der Waals surface area contributed by atoms with Gasteiger partial charge in [0.15, 0.2) is 0 Å². The number of halogens is 3. The van der Waals surface area contributed by atoms with E-state index in [1.807, 2.05) is 31.2 Å². The lowest BCUT2D eigenvalue weighted by molar-refractivity contribution is 0.631.